The highest BCUT2D eigenvalue weighted by molar-refractivity contribution is 7.89. The Balaban J connectivity index is 3.09. The first-order chi connectivity index (χ1) is 6.92. The van der Waals surface area contributed by atoms with Gasteiger partial charge in [0, 0.05) is 4.88 Å². The SMILES string of the molecule is CCC/C(=C/S(=O)(=O)O)c1ccc(Cl)s1. The predicted molar refractivity (Wildman–Crippen MR) is 63.8 cm³/mol. The van der Waals surface area contributed by atoms with Gasteiger partial charge in [0.1, 0.15) is 0 Å². The minimum absolute atomic E-state index is 0.594. The van der Waals surface area contributed by atoms with Gasteiger partial charge >= 0.3 is 0 Å². The minimum Gasteiger partial charge on any atom is -0.282 e. The second-order valence-electron chi connectivity index (χ2n) is 3.01. The Morgan fingerprint density at radius 1 is 1.60 bits per heavy atom. The summed E-state index contributed by atoms with van der Waals surface area (Å²) in [6.45, 7) is 1.94. The van der Waals surface area contributed by atoms with Crippen LogP contribution in [0.3, 0.4) is 0 Å². The molecule has 3 nitrogen and oxygen atoms in total. The van der Waals surface area contributed by atoms with Crippen LogP contribution in [0, 0.1) is 0 Å². The molecule has 1 aromatic rings. The Hall–Kier alpha value is -0.360. The normalized spacial score (nSPS) is 13.1. The van der Waals surface area contributed by atoms with Crippen LogP contribution in [-0.2, 0) is 10.1 Å². The molecule has 1 N–H and O–H groups in total. The molecule has 1 rings (SSSR count). The number of allylic oxidation sites excluding steroid dienone is 1. The van der Waals surface area contributed by atoms with Crippen molar-refractivity contribution in [1.29, 1.82) is 0 Å². The van der Waals surface area contributed by atoms with Crippen molar-refractivity contribution in [2.24, 2.45) is 0 Å². The minimum atomic E-state index is -4.08. The number of rotatable bonds is 4. The van der Waals surface area contributed by atoms with E-state index in [0.717, 1.165) is 16.7 Å². The van der Waals surface area contributed by atoms with Crippen molar-refractivity contribution in [2.75, 3.05) is 0 Å². The van der Waals surface area contributed by atoms with Gasteiger partial charge in [0.05, 0.1) is 9.74 Å². The zero-order chi connectivity index (χ0) is 11.5. The molecule has 0 saturated carbocycles. The van der Waals surface area contributed by atoms with E-state index >= 15 is 0 Å². The van der Waals surface area contributed by atoms with Gasteiger partial charge in [-0.25, -0.2) is 0 Å². The molecule has 0 unspecified atom stereocenters. The van der Waals surface area contributed by atoms with Gasteiger partial charge in [-0.05, 0) is 24.1 Å². The molecule has 0 spiro atoms. The van der Waals surface area contributed by atoms with Gasteiger partial charge < -0.3 is 0 Å². The number of halogens is 1. The summed E-state index contributed by atoms with van der Waals surface area (Å²) >= 11 is 7.05. The number of hydrogen-bond acceptors (Lipinski definition) is 3. The fourth-order valence-corrected chi connectivity index (χ4v) is 2.94. The first-order valence-electron chi connectivity index (χ1n) is 4.36. The van der Waals surface area contributed by atoms with Crippen LogP contribution in [-0.4, -0.2) is 13.0 Å². The lowest BCUT2D eigenvalue weighted by Gasteiger charge is -2.01. The average molecular weight is 267 g/mol. The van der Waals surface area contributed by atoms with E-state index in [4.69, 9.17) is 16.2 Å². The third-order valence-corrected chi connectivity index (χ3v) is 3.59. The lowest BCUT2D eigenvalue weighted by molar-refractivity contribution is 0.494. The molecule has 1 aromatic heterocycles. The van der Waals surface area contributed by atoms with E-state index in [2.05, 4.69) is 0 Å². The van der Waals surface area contributed by atoms with Crippen molar-refractivity contribution in [1.82, 2.24) is 0 Å². The topological polar surface area (TPSA) is 54.4 Å². The van der Waals surface area contributed by atoms with E-state index in [1.165, 1.54) is 11.3 Å². The van der Waals surface area contributed by atoms with Crippen LogP contribution in [0.1, 0.15) is 24.6 Å². The molecule has 0 aromatic carbocycles. The zero-order valence-electron chi connectivity index (χ0n) is 8.10. The molecule has 0 radical (unpaired) electrons. The van der Waals surface area contributed by atoms with E-state index in [0.29, 0.717) is 16.3 Å². The van der Waals surface area contributed by atoms with Crippen molar-refractivity contribution in [3.05, 3.63) is 26.8 Å². The first-order valence-corrected chi connectivity index (χ1v) is 7.06. The van der Waals surface area contributed by atoms with Crippen molar-refractivity contribution >= 4 is 38.6 Å². The Kier molecular flexibility index (Phi) is 4.33. The molecule has 1 heterocycles. The molecule has 0 amide bonds. The molecular formula is C9H11ClO3S2. The fourth-order valence-electron chi connectivity index (χ4n) is 1.18. The molecule has 0 aliphatic carbocycles. The maximum Gasteiger partial charge on any atom is 0.287 e. The lowest BCUT2D eigenvalue weighted by Crippen LogP contribution is -1.93. The summed E-state index contributed by atoms with van der Waals surface area (Å²) in [6.07, 6.45) is 1.40. The van der Waals surface area contributed by atoms with Crippen LogP contribution < -0.4 is 0 Å². The predicted octanol–water partition coefficient (Wildman–Crippen LogP) is 3.43. The third-order valence-electron chi connectivity index (χ3n) is 1.70. The average Bonchev–Trinajstić information content (AvgIpc) is 2.48. The summed E-state index contributed by atoms with van der Waals surface area (Å²) < 4.78 is 30.8. The molecule has 0 bridgehead atoms. The van der Waals surface area contributed by atoms with E-state index in [1.54, 1.807) is 12.1 Å². The summed E-state index contributed by atoms with van der Waals surface area (Å²) in [6, 6.07) is 3.45. The van der Waals surface area contributed by atoms with Crippen molar-refractivity contribution < 1.29 is 13.0 Å². The molecule has 0 aliphatic heterocycles. The second kappa shape index (κ2) is 5.12. The van der Waals surface area contributed by atoms with Crippen LogP contribution >= 0.6 is 22.9 Å². The van der Waals surface area contributed by atoms with Crippen molar-refractivity contribution in [3.8, 4) is 0 Å². The van der Waals surface area contributed by atoms with Gasteiger partial charge in [0.2, 0.25) is 0 Å². The van der Waals surface area contributed by atoms with E-state index < -0.39 is 10.1 Å². The maximum atomic E-state index is 10.7. The Morgan fingerprint density at radius 2 is 2.27 bits per heavy atom. The van der Waals surface area contributed by atoms with Crippen LogP contribution in [0.2, 0.25) is 4.34 Å². The van der Waals surface area contributed by atoms with Crippen LogP contribution in [0.5, 0.6) is 0 Å². The Morgan fingerprint density at radius 3 is 2.67 bits per heavy atom. The van der Waals surface area contributed by atoms with Gasteiger partial charge in [-0.1, -0.05) is 24.9 Å². The van der Waals surface area contributed by atoms with E-state index in [-0.39, 0.29) is 0 Å². The lowest BCUT2D eigenvalue weighted by atomic mass is 10.1. The molecule has 0 atom stereocenters. The molecule has 0 saturated heterocycles. The molecular weight excluding hydrogens is 256 g/mol. The van der Waals surface area contributed by atoms with Gasteiger partial charge in [0.25, 0.3) is 10.1 Å². The summed E-state index contributed by atoms with van der Waals surface area (Å²) in [7, 11) is -4.08. The Bertz CT molecular complexity index is 459. The monoisotopic (exact) mass is 266 g/mol. The smallest absolute Gasteiger partial charge is 0.282 e. The zero-order valence-corrected chi connectivity index (χ0v) is 10.5. The number of hydrogen-bond donors (Lipinski definition) is 1. The summed E-state index contributed by atoms with van der Waals surface area (Å²) in [5, 5.41) is 0.888. The quantitative estimate of drug-likeness (QED) is 0.850. The van der Waals surface area contributed by atoms with Crippen molar-refractivity contribution in [2.45, 2.75) is 19.8 Å². The maximum absolute atomic E-state index is 10.7. The van der Waals surface area contributed by atoms with Crippen molar-refractivity contribution in [3.63, 3.8) is 0 Å². The van der Waals surface area contributed by atoms with Crippen LogP contribution in [0.4, 0.5) is 0 Å². The standard InChI is InChI=1S/C9H11ClO3S2/c1-2-3-7(6-15(11,12)13)8-4-5-9(10)14-8/h4-6H,2-3H2,1H3,(H,11,12,13)/b7-6-. The second-order valence-corrected chi connectivity index (χ2v) is 5.99. The first kappa shape index (κ1) is 12.7. The Labute approximate surface area is 98.1 Å². The summed E-state index contributed by atoms with van der Waals surface area (Å²) in [5.41, 5.74) is 0.594. The fraction of sp³-hybridized carbons (Fsp3) is 0.333. The summed E-state index contributed by atoms with van der Waals surface area (Å²) in [5.74, 6) is 0. The van der Waals surface area contributed by atoms with E-state index in [9.17, 15) is 8.42 Å². The van der Waals surface area contributed by atoms with Crippen LogP contribution in [0.25, 0.3) is 5.57 Å². The van der Waals surface area contributed by atoms with Gasteiger partial charge in [-0.3, -0.25) is 4.55 Å². The van der Waals surface area contributed by atoms with E-state index in [1.807, 2.05) is 6.92 Å². The number of thiophene rings is 1. The van der Waals surface area contributed by atoms with Crippen LogP contribution in [0.15, 0.2) is 17.5 Å². The van der Waals surface area contributed by atoms with Gasteiger partial charge in [-0.15, -0.1) is 11.3 Å². The highest BCUT2D eigenvalue weighted by Gasteiger charge is 2.08. The van der Waals surface area contributed by atoms with Gasteiger partial charge in [0.15, 0.2) is 0 Å². The third kappa shape index (κ3) is 4.34. The molecule has 84 valence electrons. The molecule has 15 heavy (non-hydrogen) atoms. The molecule has 0 aliphatic rings. The summed E-state index contributed by atoms with van der Waals surface area (Å²) in [4.78, 5) is 0.777. The molecule has 0 fully saturated rings. The highest BCUT2D eigenvalue weighted by atomic mass is 35.5. The van der Waals surface area contributed by atoms with Gasteiger partial charge in [-0.2, -0.15) is 8.42 Å². The highest BCUT2D eigenvalue weighted by Crippen LogP contribution is 2.30. The largest absolute Gasteiger partial charge is 0.287 e. The molecule has 6 heteroatoms.